The molecular weight excluding hydrogens is 358 g/mol. The second-order valence-corrected chi connectivity index (χ2v) is 5.86. The summed E-state index contributed by atoms with van der Waals surface area (Å²) in [5.41, 5.74) is 1.54. The summed E-state index contributed by atoms with van der Waals surface area (Å²) >= 11 is 4.84. The molecule has 2 rings (SSSR count). The van der Waals surface area contributed by atoms with Crippen LogP contribution in [-0.2, 0) is 14.3 Å². The number of carbonyl (C=O) groups is 2. The predicted molar refractivity (Wildman–Crippen MR) is 102 cm³/mol. The zero-order chi connectivity index (χ0) is 18.9. The average Bonchev–Trinajstić information content (AvgIpc) is 2.70. The summed E-state index contributed by atoms with van der Waals surface area (Å²) in [6, 6.07) is 7.26. The van der Waals surface area contributed by atoms with Crippen molar-refractivity contribution < 1.29 is 19.4 Å². The van der Waals surface area contributed by atoms with Gasteiger partial charge in [0.1, 0.15) is 6.34 Å². The predicted octanol–water partition coefficient (Wildman–Crippen LogP) is -0.247. The number of nitrogens with one attached hydrogen (secondary N) is 1. The lowest BCUT2D eigenvalue weighted by atomic mass is 10.2. The van der Waals surface area contributed by atoms with E-state index in [0.29, 0.717) is 31.6 Å². The van der Waals surface area contributed by atoms with E-state index in [0.717, 1.165) is 5.69 Å². The number of rotatable bonds is 8. The Kier molecular flexibility index (Phi) is 7.30. The summed E-state index contributed by atoms with van der Waals surface area (Å²) in [6.45, 7) is 1.42. The van der Waals surface area contributed by atoms with E-state index in [1.165, 1.54) is 17.0 Å². The van der Waals surface area contributed by atoms with Gasteiger partial charge in [-0.15, -0.1) is 0 Å². The fraction of sp³-hybridized carbons (Fsp3) is 0.375. The molecule has 140 valence electrons. The Morgan fingerprint density at radius 3 is 2.69 bits per heavy atom. The molecule has 26 heavy (non-hydrogen) atoms. The van der Waals surface area contributed by atoms with Crippen LogP contribution in [0.1, 0.15) is 0 Å². The van der Waals surface area contributed by atoms with E-state index < -0.39 is 6.10 Å². The number of hydrogen-bond donors (Lipinski definition) is 2. The number of benzene rings is 1. The molecule has 0 fully saturated rings. The molecule has 0 aliphatic carbocycles. The summed E-state index contributed by atoms with van der Waals surface area (Å²) in [7, 11) is 1.44. The van der Waals surface area contributed by atoms with Gasteiger partial charge in [-0.1, -0.05) is 0 Å². The molecule has 0 unspecified atom stereocenters. The number of hydrogen-bond acceptors (Lipinski definition) is 7. The SMILES string of the molecule is COC(=S)NC[C@H](O)CN(C=O)c1ccc(N2C=NN(C=O)CC2)cc1. The molecule has 1 atom stereocenters. The molecule has 0 spiro atoms. The molecule has 2 N–H and O–H groups in total. The number of carbonyl (C=O) groups excluding carboxylic acids is 2. The lowest BCUT2D eigenvalue weighted by Crippen LogP contribution is -2.39. The second-order valence-electron chi connectivity index (χ2n) is 5.49. The molecule has 1 heterocycles. The molecule has 2 amide bonds. The lowest BCUT2D eigenvalue weighted by Gasteiger charge is -2.27. The van der Waals surface area contributed by atoms with Crippen LogP contribution < -0.4 is 15.1 Å². The molecular formula is C16H21N5O4S. The van der Waals surface area contributed by atoms with Crippen LogP contribution in [0.5, 0.6) is 0 Å². The van der Waals surface area contributed by atoms with Gasteiger partial charge in [-0.3, -0.25) is 9.59 Å². The van der Waals surface area contributed by atoms with Gasteiger partial charge in [0.2, 0.25) is 12.8 Å². The Morgan fingerprint density at radius 2 is 2.15 bits per heavy atom. The Balaban J connectivity index is 1.95. The highest BCUT2D eigenvalue weighted by Crippen LogP contribution is 2.20. The van der Waals surface area contributed by atoms with Crippen molar-refractivity contribution in [2.45, 2.75) is 6.10 Å². The van der Waals surface area contributed by atoms with Gasteiger partial charge in [-0.25, -0.2) is 5.01 Å². The van der Waals surface area contributed by atoms with Crippen LogP contribution in [0.4, 0.5) is 11.4 Å². The lowest BCUT2D eigenvalue weighted by molar-refractivity contribution is -0.118. The average molecular weight is 379 g/mol. The number of anilines is 2. The molecule has 9 nitrogen and oxygen atoms in total. The topological polar surface area (TPSA) is 97.7 Å². The standard InChI is InChI=1S/C16H21N5O4S/c1-25-16(26)17-8-15(24)9-20(11-22)14-4-2-13(3-5-14)19-6-7-21(12-23)18-10-19/h2-5,10-12,15,24H,6-9H2,1H3,(H,17,26)/t15-/m0/s1. The number of methoxy groups -OCH3 is 1. The van der Waals surface area contributed by atoms with Crippen molar-refractivity contribution in [1.82, 2.24) is 10.3 Å². The summed E-state index contributed by atoms with van der Waals surface area (Å²) in [5, 5.41) is 18.3. The van der Waals surface area contributed by atoms with E-state index in [4.69, 9.17) is 17.0 Å². The number of hydrazone groups is 1. The highest BCUT2D eigenvalue weighted by molar-refractivity contribution is 7.80. The first-order valence-electron chi connectivity index (χ1n) is 7.92. The van der Waals surface area contributed by atoms with Crippen molar-refractivity contribution in [1.29, 1.82) is 0 Å². The van der Waals surface area contributed by atoms with Crippen molar-refractivity contribution in [2.75, 3.05) is 43.1 Å². The van der Waals surface area contributed by atoms with Gasteiger partial charge in [-0.2, -0.15) is 5.10 Å². The summed E-state index contributed by atoms with van der Waals surface area (Å²) in [6.07, 6.45) is 2.12. The third-order valence-electron chi connectivity index (χ3n) is 3.75. The third-order valence-corrected chi connectivity index (χ3v) is 4.06. The van der Waals surface area contributed by atoms with Crippen molar-refractivity contribution in [3.05, 3.63) is 24.3 Å². The van der Waals surface area contributed by atoms with Crippen molar-refractivity contribution in [2.24, 2.45) is 5.10 Å². The molecule has 1 aromatic rings. The van der Waals surface area contributed by atoms with Gasteiger partial charge >= 0.3 is 0 Å². The van der Waals surface area contributed by atoms with E-state index in [9.17, 15) is 14.7 Å². The molecule has 1 aliphatic rings. The van der Waals surface area contributed by atoms with E-state index >= 15 is 0 Å². The summed E-state index contributed by atoms with van der Waals surface area (Å²) in [4.78, 5) is 25.3. The quantitative estimate of drug-likeness (QED) is 0.475. The van der Waals surface area contributed by atoms with Crippen LogP contribution in [-0.4, -0.2) is 73.8 Å². The Hall–Kier alpha value is -2.72. The highest BCUT2D eigenvalue weighted by atomic mass is 32.1. The van der Waals surface area contributed by atoms with Crippen LogP contribution in [0, 0.1) is 0 Å². The van der Waals surface area contributed by atoms with Crippen LogP contribution in [0.2, 0.25) is 0 Å². The van der Waals surface area contributed by atoms with Gasteiger partial charge in [0.05, 0.1) is 26.3 Å². The minimum atomic E-state index is -0.809. The highest BCUT2D eigenvalue weighted by Gasteiger charge is 2.15. The smallest absolute Gasteiger partial charge is 0.256 e. The normalized spacial score (nSPS) is 14.5. The number of amides is 2. The maximum absolute atomic E-state index is 11.4. The Bertz CT molecular complexity index is 655. The van der Waals surface area contributed by atoms with E-state index in [-0.39, 0.29) is 18.3 Å². The molecule has 0 saturated carbocycles. The Morgan fingerprint density at radius 1 is 1.42 bits per heavy atom. The largest absolute Gasteiger partial charge is 0.474 e. The fourth-order valence-corrected chi connectivity index (χ4v) is 2.42. The first kappa shape index (κ1) is 19.6. The van der Waals surface area contributed by atoms with Crippen LogP contribution in [0.25, 0.3) is 0 Å². The van der Waals surface area contributed by atoms with Gasteiger partial charge < -0.3 is 25.0 Å². The molecule has 0 saturated heterocycles. The van der Waals surface area contributed by atoms with Gasteiger partial charge in [0, 0.05) is 24.5 Å². The minimum Gasteiger partial charge on any atom is -0.474 e. The van der Waals surface area contributed by atoms with Crippen molar-refractivity contribution in [3.8, 4) is 0 Å². The first-order valence-corrected chi connectivity index (χ1v) is 8.32. The summed E-state index contributed by atoms with van der Waals surface area (Å²) < 4.78 is 4.79. The molecule has 1 aliphatic heterocycles. The van der Waals surface area contributed by atoms with Crippen molar-refractivity contribution in [3.63, 3.8) is 0 Å². The number of ether oxygens (including phenoxy) is 1. The Labute approximate surface area is 156 Å². The van der Waals surface area contributed by atoms with E-state index in [2.05, 4.69) is 10.4 Å². The van der Waals surface area contributed by atoms with Crippen LogP contribution in [0.15, 0.2) is 29.4 Å². The summed E-state index contributed by atoms with van der Waals surface area (Å²) in [5.74, 6) is 0. The fourth-order valence-electron chi connectivity index (χ4n) is 2.34. The molecule has 0 bridgehead atoms. The monoisotopic (exact) mass is 379 g/mol. The third kappa shape index (κ3) is 5.39. The zero-order valence-electron chi connectivity index (χ0n) is 14.3. The number of nitrogens with zero attached hydrogens (tertiary/aromatic N) is 4. The molecule has 0 aromatic heterocycles. The zero-order valence-corrected chi connectivity index (χ0v) is 15.1. The van der Waals surface area contributed by atoms with Crippen LogP contribution >= 0.6 is 12.2 Å². The van der Waals surface area contributed by atoms with Crippen molar-refractivity contribution >= 4 is 47.9 Å². The molecule has 1 aromatic carbocycles. The first-order chi connectivity index (χ1) is 12.6. The maximum Gasteiger partial charge on any atom is 0.256 e. The molecule has 0 radical (unpaired) electrons. The number of thiocarbonyl (C=S) groups is 1. The van der Waals surface area contributed by atoms with Gasteiger partial charge in [0.25, 0.3) is 5.17 Å². The van der Waals surface area contributed by atoms with Gasteiger partial charge in [-0.05, 0) is 36.5 Å². The number of aliphatic hydroxyl groups excluding tert-OH is 1. The minimum absolute atomic E-state index is 0.113. The van der Waals surface area contributed by atoms with Gasteiger partial charge in [0.15, 0.2) is 0 Å². The second kappa shape index (κ2) is 9.68. The maximum atomic E-state index is 11.4. The molecule has 10 heteroatoms. The number of aliphatic hydroxyl groups is 1. The van der Waals surface area contributed by atoms with E-state index in [1.54, 1.807) is 18.5 Å². The van der Waals surface area contributed by atoms with Crippen LogP contribution in [0.3, 0.4) is 0 Å². The van der Waals surface area contributed by atoms with E-state index in [1.807, 2.05) is 17.0 Å².